The molecule has 3 nitrogen and oxygen atoms in total. The zero-order chi connectivity index (χ0) is 15.1. The first kappa shape index (κ1) is 15.1. The fraction of sp³-hybridized carbons (Fsp3) is 0.400. The van der Waals surface area contributed by atoms with Crippen LogP contribution < -0.4 is 11.1 Å². The number of benzene rings is 1. The van der Waals surface area contributed by atoms with Crippen molar-refractivity contribution in [3.63, 3.8) is 0 Å². The van der Waals surface area contributed by atoms with Crippen LogP contribution in [0.4, 0.5) is 5.69 Å². The van der Waals surface area contributed by atoms with Crippen molar-refractivity contribution in [1.29, 1.82) is 0 Å². The highest BCUT2D eigenvalue weighted by molar-refractivity contribution is 7.21. The van der Waals surface area contributed by atoms with Crippen LogP contribution in [0, 0.1) is 5.41 Å². The van der Waals surface area contributed by atoms with Gasteiger partial charge in [0.05, 0.1) is 5.69 Å². The summed E-state index contributed by atoms with van der Waals surface area (Å²) < 4.78 is 0.934. The van der Waals surface area contributed by atoms with Gasteiger partial charge in [0.15, 0.2) is 0 Å². The molecular weight excluding hydrogens is 292 g/mol. The largest absolute Gasteiger partial charge is 0.397 e. The molecule has 0 saturated heterocycles. The van der Waals surface area contributed by atoms with Crippen LogP contribution in [-0.4, -0.2) is 11.9 Å². The van der Waals surface area contributed by atoms with Crippen LogP contribution in [0.1, 0.15) is 37.4 Å². The van der Waals surface area contributed by atoms with Gasteiger partial charge in [-0.3, -0.25) is 4.79 Å². The number of hydrogen-bond acceptors (Lipinski definition) is 3. The Morgan fingerprint density at radius 3 is 2.65 bits per heavy atom. The molecule has 20 heavy (non-hydrogen) atoms. The number of amides is 1. The third-order valence-corrected chi connectivity index (χ3v) is 4.95. The van der Waals surface area contributed by atoms with Crippen molar-refractivity contribution >= 4 is 44.6 Å². The molecule has 0 aliphatic rings. The molecule has 0 radical (unpaired) electrons. The van der Waals surface area contributed by atoms with Crippen LogP contribution in [0.15, 0.2) is 18.2 Å². The van der Waals surface area contributed by atoms with E-state index in [0.29, 0.717) is 15.6 Å². The Hall–Kier alpha value is -1.26. The van der Waals surface area contributed by atoms with Gasteiger partial charge < -0.3 is 11.1 Å². The molecule has 108 valence electrons. The third-order valence-electron chi connectivity index (χ3n) is 3.54. The Morgan fingerprint density at radius 1 is 1.40 bits per heavy atom. The van der Waals surface area contributed by atoms with Gasteiger partial charge in [0.1, 0.15) is 4.88 Å². The lowest BCUT2D eigenvalue weighted by Crippen LogP contribution is -2.41. The predicted molar refractivity (Wildman–Crippen MR) is 87.6 cm³/mol. The van der Waals surface area contributed by atoms with Gasteiger partial charge in [0.25, 0.3) is 5.91 Å². The Labute approximate surface area is 128 Å². The van der Waals surface area contributed by atoms with Crippen molar-refractivity contribution in [3.8, 4) is 0 Å². The molecule has 1 aromatic carbocycles. The predicted octanol–water partition coefficient (Wildman–Crippen LogP) is 4.30. The average molecular weight is 311 g/mol. The molecule has 1 heterocycles. The number of thiophene rings is 1. The summed E-state index contributed by atoms with van der Waals surface area (Å²) in [6.45, 7) is 8.27. The zero-order valence-electron chi connectivity index (χ0n) is 12.1. The summed E-state index contributed by atoms with van der Waals surface area (Å²) in [6, 6.07) is 5.53. The first-order chi connectivity index (χ1) is 9.20. The van der Waals surface area contributed by atoms with Crippen molar-refractivity contribution in [3.05, 3.63) is 28.1 Å². The van der Waals surface area contributed by atoms with Gasteiger partial charge in [-0.15, -0.1) is 11.3 Å². The van der Waals surface area contributed by atoms with Gasteiger partial charge in [-0.25, -0.2) is 0 Å². The molecule has 1 aromatic heterocycles. The molecule has 2 rings (SSSR count). The van der Waals surface area contributed by atoms with E-state index >= 15 is 0 Å². The molecule has 5 heteroatoms. The number of hydrogen-bond donors (Lipinski definition) is 2. The minimum absolute atomic E-state index is 0.00438. The molecule has 3 N–H and O–H groups in total. The molecule has 0 fully saturated rings. The summed E-state index contributed by atoms with van der Waals surface area (Å²) in [5.41, 5.74) is 6.61. The van der Waals surface area contributed by atoms with Crippen LogP contribution in [0.3, 0.4) is 0 Å². The fourth-order valence-electron chi connectivity index (χ4n) is 1.74. The van der Waals surface area contributed by atoms with E-state index in [0.717, 1.165) is 10.1 Å². The number of nitrogen functional groups attached to an aromatic ring is 1. The topological polar surface area (TPSA) is 55.1 Å². The van der Waals surface area contributed by atoms with Crippen LogP contribution in [0.5, 0.6) is 0 Å². The third kappa shape index (κ3) is 2.91. The van der Waals surface area contributed by atoms with Gasteiger partial charge in [0.2, 0.25) is 0 Å². The summed E-state index contributed by atoms with van der Waals surface area (Å²) in [7, 11) is 0. The van der Waals surface area contributed by atoms with E-state index in [1.54, 1.807) is 6.07 Å². The summed E-state index contributed by atoms with van der Waals surface area (Å²) >= 11 is 7.35. The highest BCUT2D eigenvalue weighted by Gasteiger charge is 2.24. The minimum atomic E-state index is -0.123. The van der Waals surface area contributed by atoms with Gasteiger partial charge >= 0.3 is 0 Å². The molecular formula is C15H19ClN2OS. The number of fused-ring (bicyclic) bond motifs is 1. The molecule has 2 aromatic rings. The standard InChI is InChI=1S/C15H19ClN2OS/c1-8(15(2,3)4)18-14(19)13-12(17)10-6-5-9(16)7-11(10)20-13/h5-8H,17H2,1-4H3,(H,18,19). The van der Waals surface area contributed by atoms with Crippen LogP contribution in [0.25, 0.3) is 10.1 Å². The fourth-order valence-corrected chi connectivity index (χ4v) is 3.04. The van der Waals surface area contributed by atoms with Crippen LogP contribution in [-0.2, 0) is 0 Å². The lowest BCUT2D eigenvalue weighted by Gasteiger charge is -2.27. The Balaban J connectivity index is 2.33. The number of anilines is 1. The molecule has 0 spiro atoms. The number of carbonyl (C=O) groups excluding carboxylic acids is 1. The second kappa shape index (κ2) is 5.26. The molecule has 0 bridgehead atoms. The molecule has 1 amide bonds. The van der Waals surface area contributed by atoms with E-state index in [1.807, 2.05) is 19.1 Å². The Morgan fingerprint density at radius 2 is 2.05 bits per heavy atom. The van der Waals surface area contributed by atoms with Gasteiger partial charge in [-0.1, -0.05) is 32.4 Å². The first-order valence-electron chi connectivity index (χ1n) is 6.48. The quantitative estimate of drug-likeness (QED) is 0.868. The summed E-state index contributed by atoms with van der Waals surface area (Å²) in [6.07, 6.45) is 0. The second-order valence-corrected chi connectivity index (χ2v) is 7.54. The van der Waals surface area contributed by atoms with Crippen molar-refractivity contribution in [2.45, 2.75) is 33.7 Å². The highest BCUT2D eigenvalue weighted by Crippen LogP contribution is 2.35. The van der Waals surface area contributed by atoms with E-state index in [1.165, 1.54) is 11.3 Å². The van der Waals surface area contributed by atoms with Crippen LogP contribution in [0.2, 0.25) is 5.02 Å². The SMILES string of the molecule is CC(NC(=O)c1sc2cc(Cl)ccc2c1N)C(C)(C)C. The maximum absolute atomic E-state index is 12.4. The first-order valence-corrected chi connectivity index (χ1v) is 7.68. The van der Waals surface area contributed by atoms with Crippen molar-refractivity contribution in [2.24, 2.45) is 5.41 Å². The van der Waals surface area contributed by atoms with Crippen molar-refractivity contribution in [2.75, 3.05) is 5.73 Å². The van der Waals surface area contributed by atoms with E-state index in [2.05, 4.69) is 26.1 Å². The van der Waals surface area contributed by atoms with E-state index < -0.39 is 0 Å². The lowest BCUT2D eigenvalue weighted by molar-refractivity contribution is 0.0915. The Kier molecular flexibility index (Phi) is 3.98. The van der Waals surface area contributed by atoms with Gasteiger partial charge in [-0.2, -0.15) is 0 Å². The second-order valence-electron chi connectivity index (χ2n) is 6.05. The molecule has 0 saturated carbocycles. The number of nitrogens with two attached hydrogens (primary N) is 1. The average Bonchev–Trinajstić information content (AvgIpc) is 2.65. The maximum atomic E-state index is 12.4. The maximum Gasteiger partial charge on any atom is 0.263 e. The summed E-state index contributed by atoms with van der Waals surface area (Å²) in [4.78, 5) is 12.9. The van der Waals surface area contributed by atoms with Crippen LogP contribution >= 0.6 is 22.9 Å². The molecule has 0 aliphatic carbocycles. The molecule has 1 unspecified atom stereocenters. The summed E-state index contributed by atoms with van der Waals surface area (Å²) in [5, 5.41) is 4.54. The van der Waals surface area contributed by atoms with E-state index in [4.69, 9.17) is 17.3 Å². The zero-order valence-corrected chi connectivity index (χ0v) is 13.7. The smallest absolute Gasteiger partial charge is 0.263 e. The number of rotatable bonds is 2. The monoisotopic (exact) mass is 310 g/mol. The van der Waals surface area contributed by atoms with E-state index in [-0.39, 0.29) is 17.4 Å². The molecule has 0 aliphatic heterocycles. The van der Waals surface area contributed by atoms with Gasteiger partial charge in [0, 0.05) is 21.2 Å². The Bertz CT molecular complexity index is 658. The van der Waals surface area contributed by atoms with Crippen molar-refractivity contribution < 1.29 is 4.79 Å². The van der Waals surface area contributed by atoms with Gasteiger partial charge in [-0.05, 0) is 30.5 Å². The van der Waals surface area contributed by atoms with Crippen molar-refractivity contribution in [1.82, 2.24) is 5.32 Å². The highest BCUT2D eigenvalue weighted by atomic mass is 35.5. The number of carbonyl (C=O) groups is 1. The molecule has 1 atom stereocenters. The normalized spacial score (nSPS) is 13.4. The number of nitrogens with one attached hydrogen (secondary N) is 1. The summed E-state index contributed by atoms with van der Waals surface area (Å²) in [5.74, 6) is -0.123. The number of halogens is 1. The van der Waals surface area contributed by atoms with E-state index in [9.17, 15) is 4.79 Å². The lowest BCUT2D eigenvalue weighted by atomic mass is 9.88. The minimum Gasteiger partial charge on any atom is -0.397 e.